The number of aliphatic imine (C=N–C) groups is 1. The maximum absolute atomic E-state index is 11.9. The van der Waals surface area contributed by atoms with Crippen LogP contribution in [0.15, 0.2) is 59.6 Å². The fourth-order valence-corrected chi connectivity index (χ4v) is 3.35. The number of imidazole rings is 1. The van der Waals surface area contributed by atoms with E-state index in [1.54, 1.807) is 19.0 Å². The van der Waals surface area contributed by atoms with Crippen molar-refractivity contribution in [1.29, 1.82) is 0 Å². The van der Waals surface area contributed by atoms with Crippen molar-refractivity contribution < 1.29 is 4.79 Å². The number of hydrogen-bond donors (Lipinski definition) is 2. The average molecular weight is 548 g/mol. The van der Waals surface area contributed by atoms with Gasteiger partial charge in [0.2, 0.25) is 5.91 Å². The van der Waals surface area contributed by atoms with Gasteiger partial charge in [-0.1, -0.05) is 42.5 Å². The molecule has 1 amide bonds. The fourth-order valence-electron chi connectivity index (χ4n) is 3.35. The number of hydrogen-bond acceptors (Lipinski definition) is 3. The normalized spacial score (nSPS) is 11.2. The summed E-state index contributed by atoms with van der Waals surface area (Å²) < 4.78 is 2.24. The molecule has 7 nitrogen and oxygen atoms in total. The molecule has 0 radical (unpaired) electrons. The number of aryl methyl sites for hydroxylation is 2. The summed E-state index contributed by atoms with van der Waals surface area (Å²) in [4.78, 5) is 22.6. The second-order valence-corrected chi connectivity index (χ2v) is 7.70. The van der Waals surface area contributed by atoms with E-state index in [9.17, 15) is 4.79 Å². The quantitative estimate of drug-likeness (QED) is 0.187. The monoisotopic (exact) mass is 548 g/mol. The standard InChI is InChI=1S/C24H32N6O.HI/c1-19-28-21-12-7-8-13-22(21)30(19)17-9-15-25-24(27-18-23(31)29(2)3)26-16-14-20-10-5-4-6-11-20;/h4-8,10-13H,9,14-18H2,1-3H3,(H2,25,26,27);1H. The van der Waals surface area contributed by atoms with Crippen LogP contribution in [0.25, 0.3) is 11.0 Å². The minimum absolute atomic E-state index is 0. The van der Waals surface area contributed by atoms with Crippen LogP contribution in [0.1, 0.15) is 17.8 Å². The lowest BCUT2D eigenvalue weighted by Crippen LogP contribution is -2.40. The predicted octanol–water partition coefficient (Wildman–Crippen LogP) is 3.22. The van der Waals surface area contributed by atoms with Crippen molar-refractivity contribution in [2.24, 2.45) is 4.99 Å². The second kappa shape index (κ2) is 13.0. The molecule has 0 atom stereocenters. The van der Waals surface area contributed by atoms with Gasteiger partial charge in [0.15, 0.2) is 5.96 Å². The lowest BCUT2D eigenvalue weighted by Gasteiger charge is -2.14. The van der Waals surface area contributed by atoms with Crippen LogP contribution in [0.5, 0.6) is 0 Å². The Morgan fingerprint density at radius 3 is 2.47 bits per heavy atom. The minimum atomic E-state index is -0.0235. The molecule has 0 saturated heterocycles. The fraction of sp³-hybridized carbons (Fsp3) is 0.375. The van der Waals surface area contributed by atoms with Crippen molar-refractivity contribution >= 4 is 46.9 Å². The molecule has 172 valence electrons. The van der Waals surface area contributed by atoms with Crippen LogP contribution >= 0.6 is 24.0 Å². The van der Waals surface area contributed by atoms with Crippen molar-refractivity contribution in [3.63, 3.8) is 0 Å². The Bertz CT molecular complexity index is 1020. The number of amides is 1. The van der Waals surface area contributed by atoms with E-state index in [1.807, 2.05) is 43.3 Å². The highest BCUT2D eigenvalue weighted by molar-refractivity contribution is 14.0. The second-order valence-electron chi connectivity index (χ2n) is 7.70. The van der Waals surface area contributed by atoms with Crippen LogP contribution in [0, 0.1) is 6.92 Å². The van der Waals surface area contributed by atoms with Crippen molar-refractivity contribution in [2.45, 2.75) is 26.3 Å². The van der Waals surface area contributed by atoms with Crippen LogP contribution < -0.4 is 10.6 Å². The highest BCUT2D eigenvalue weighted by Gasteiger charge is 2.07. The van der Waals surface area contributed by atoms with Gasteiger partial charge in [-0.15, -0.1) is 24.0 Å². The molecule has 0 fully saturated rings. The summed E-state index contributed by atoms with van der Waals surface area (Å²) in [5, 5.41) is 6.71. The molecule has 3 aromatic rings. The van der Waals surface area contributed by atoms with Crippen LogP contribution in [0.3, 0.4) is 0 Å². The van der Waals surface area contributed by atoms with Crippen LogP contribution in [-0.2, 0) is 17.8 Å². The van der Waals surface area contributed by atoms with Crippen molar-refractivity contribution in [3.05, 3.63) is 66.0 Å². The third-order valence-electron chi connectivity index (χ3n) is 5.12. The molecule has 2 aromatic carbocycles. The molecule has 2 N–H and O–H groups in total. The first-order valence-electron chi connectivity index (χ1n) is 10.7. The Hall–Kier alpha value is -2.62. The number of halogens is 1. The number of nitrogens with one attached hydrogen (secondary N) is 2. The van der Waals surface area contributed by atoms with Gasteiger partial charge in [-0.2, -0.15) is 0 Å². The zero-order chi connectivity index (χ0) is 22.1. The Labute approximate surface area is 207 Å². The van der Waals surface area contributed by atoms with E-state index in [0.717, 1.165) is 49.3 Å². The van der Waals surface area contributed by atoms with Crippen LogP contribution in [0.4, 0.5) is 0 Å². The first-order chi connectivity index (χ1) is 15.0. The molecule has 0 bridgehead atoms. The molecule has 0 aliphatic carbocycles. The molecule has 1 aromatic heterocycles. The number of rotatable bonds is 9. The molecule has 3 rings (SSSR count). The molecule has 0 saturated carbocycles. The molecule has 0 spiro atoms. The number of fused-ring (bicyclic) bond motifs is 1. The third kappa shape index (κ3) is 7.51. The summed E-state index contributed by atoms with van der Waals surface area (Å²) in [5.41, 5.74) is 3.45. The van der Waals surface area contributed by atoms with E-state index in [0.29, 0.717) is 5.96 Å². The van der Waals surface area contributed by atoms with E-state index in [1.165, 1.54) is 5.56 Å². The number of nitrogens with zero attached hydrogens (tertiary/aromatic N) is 4. The lowest BCUT2D eigenvalue weighted by molar-refractivity contribution is -0.127. The van der Waals surface area contributed by atoms with Crippen LogP contribution in [-0.4, -0.2) is 60.0 Å². The number of likely N-dealkylation sites (N-methyl/N-ethyl adjacent to an activating group) is 1. The van der Waals surface area contributed by atoms with Gasteiger partial charge in [0, 0.05) is 33.7 Å². The number of carbonyl (C=O) groups excluding carboxylic acids is 1. The molecule has 1 heterocycles. The van der Waals surface area contributed by atoms with Crippen molar-refractivity contribution in [2.75, 3.05) is 33.7 Å². The van der Waals surface area contributed by atoms with Gasteiger partial charge < -0.3 is 20.1 Å². The Morgan fingerprint density at radius 2 is 1.72 bits per heavy atom. The van der Waals surface area contributed by atoms with E-state index < -0.39 is 0 Å². The molecule has 32 heavy (non-hydrogen) atoms. The topological polar surface area (TPSA) is 74.5 Å². The van der Waals surface area contributed by atoms with Crippen molar-refractivity contribution in [3.8, 4) is 0 Å². The SMILES string of the molecule is Cc1nc2ccccc2n1CCCNC(=NCC(=O)N(C)C)NCCc1ccccc1.I. The average Bonchev–Trinajstić information content (AvgIpc) is 3.09. The van der Waals surface area contributed by atoms with Gasteiger partial charge >= 0.3 is 0 Å². The highest BCUT2D eigenvalue weighted by Crippen LogP contribution is 2.15. The lowest BCUT2D eigenvalue weighted by atomic mass is 10.1. The Kier molecular flexibility index (Phi) is 10.5. The first-order valence-corrected chi connectivity index (χ1v) is 10.7. The number of guanidine groups is 1. The zero-order valence-corrected chi connectivity index (χ0v) is 21.4. The Morgan fingerprint density at radius 1 is 1.03 bits per heavy atom. The summed E-state index contributed by atoms with van der Waals surface area (Å²) in [6.45, 7) is 4.53. The smallest absolute Gasteiger partial charge is 0.243 e. The zero-order valence-electron chi connectivity index (χ0n) is 19.0. The first kappa shape index (κ1) is 25.6. The summed E-state index contributed by atoms with van der Waals surface area (Å²) >= 11 is 0. The molecular formula is C24H33IN6O. The van der Waals surface area contributed by atoms with E-state index in [4.69, 9.17) is 0 Å². The van der Waals surface area contributed by atoms with Crippen molar-refractivity contribution in [1.82, 2.24) is 25.1 Å². The third-order valence-corrected chi connectivity index (χ3v) is 5.12. The number of benzene rings is 2. The number of aromatic nitrogens is 2. The molecule has 0 aliphatic rings. The van der Waals surface area contributed by atoms with Crippen LogP contribution in [0.2, 0.25) is 0 Å². The predicted molar refractivity (Wildman–Crippen MR) is 142 cm³/mol. The summed E-state index contributed by atoms with van der Waals surface area (Å²) in [6, 6.07) is 18.5. The van der Waals surface area contributed by atoms with E-state index in [-0.39, 0.29) is 36.4 Å². The molecular weight excluding hydrogens is 515 g/mol. The van der Waals surface area contributed by atoms with Gasteiger partial charge in [-0.3, -0.25) is 4.79 Å². The molecule has 8 heteroatoms. The van der Waals surface area contributed by atoms with Gasteiger partial charge in [0.05, 0.1) is 11.0 Å². The van der Waals surface area contributed by atoms with Gasteiger partial charge in [-0.25, -0.2) is 9.98 Å². The van der Waals surface area contributed by atoms with E-state index in [2.05, 4.69) is 43.4 Å². The van der Waals surface area contributed by atoms with Gasteiger partial charge in [0.25, 0.3) is 0 Å². The summed E-state index contributed by atoms with van der Waals surface area (Å²) in [7, 11) is 3.48. The highest BCUT2D eigenvalue weighted by atomic mass is 127. The number of para-hydroxylation sites is 2. The summed E-state index contributed by atoms with van der Waals surface area (Å²) in [5.74, 6) is 1.66. The largest absolute Gasteiger partial charge is 0.356 e. The Balaban J connectivity index is 0.00000363. The number of carbonyl (C=O) groups is 1. The minimum Gasteiger partial charge on any atom is -0.356 e. The maximum Gasteiger partial charge on any atom is 0.243 e. The van der Waals surface area contributed by atoms with Gasteiger partial charge in [-0.05, 0) is 37.5 Å². The molecule has 0 aliphatic heterocycles. The van der Waals surface area contributed by atoms with E-state index >= 15 is 0 Å². The van der Waals surface area contributed by atoms with Gasteiger partial charge in [0.1, 0.15) is 12.4 Å². The summed E-state index contributed by atoms with van der Waals surface area (Å²) in [6.07, 6.45) is 1.81. The maximum atomic E-state index is 11.9. The molecule has 0 unspecified atom stereocenters.